The average Bonchev–Trinajstić information content (AvgIpc) is 1.88. The molecule has 1 aliphatic heterocycles. The highest BCUT2D eigenvalue weighted by Gasteiger charge is 2.33. The fourth-order valence-corrected chi connectivity index (χ4v) is 1.22. The summed E-state index contributed by atoms with van der Waals surface area (Å²) >= 11 is 0. The fraction of sp³-hybridized carbons (Fsp3) is 1.00. The first-order valence-corrected chi connectivity index (χ1v) is 3.75. The third kappa shape index (κ3) is 1.90. The summed E-state index contributed by atoms with van der Waals surface area (Å²) in [7, 11) is 0. The minimum atomic E-state index is -2.45. The van der Waals surface area contributed by atoms with Crippen molar-refractivity contribution in [2.45, 2.75) is 38.2 Å². The number of halogens is 2. The van der Waals surface area contributed by atoms with E-state index in [1.807, 2.05) is 6.92 Å². The van der Waals surface area contributed by atoms with Crippen LogP contribution in [-0.4, -0.2) is 18.5 Å². The van der Waals surface area contributed by atoms with Gasteiger partial charge in [0.25, 0.3) is 5.92 Å². The Morgan fingerprint density at radius 2 is 2.30 bits per heavy atom. The van der Waals surface area contributed by atoms with E-state index in [9.17, 15) is 8.78 Å². The summed E-state index contributed by atoms with van der Waals surface area (Å²) in [6.45, 7) is 1.88. The Labute approximate surface area is 59.8 Å². The lowest BCUT2D eigenvalue weighted by Crippen LogP contribution is -2.44. The highest BCUT2D eigenvalue weighted by atomic mass is 19.3. The molecule has 0 radical (unpaired) electrons. The first-order valence-electron chi connectivity index (χ1n) is 3.75. The van der Waals surface area contributed by atoms with Gasteiger partial charge in [-0.3, -0.25) is 0 Å². The lowest BCUT2D eigenvalue weighted by atomic mass is 10.0. The van der Waals surface area contributed by atoms with Gasteiger partial charge >= 0.3 is 0 Å². The van der Waals surface area contributed by atoms with E-state index in [0.29, 0.717) is 12.5 Å². The summed E-state index contributed by atoms with van der Waals surface area (Å²) in [5.41, 5.74) is 0. The van der Waals surface area contributed by atoms with E-state index in [4.69, 9.17) is 0 Å². The van der Waals surface area contributed by atoms with Crippen molar-refractivity contribution in [1.82, 2.24) is 5.32 Å². The topological polar surface area (TPSA) is 12.0 Å². The predicted molar refractivity (Wildman–Crippen MR) is 36.3 cm³/mol. The highest BCUT2D eigenvalue weighted by molar-refractivity contribution is 4.81. The van der Waals surface area contributed by atoms with Crippen molar-refractivity contribution in [3.05, 3.63) is 0 Å². The first kappa shape index (κ1) is 7.92. The van der Waals surface area contributed by atoms with Gasteiger partial charge in [-0.25, -0.2) is 8.78 Å². The molecule has 0 amide bonds. The molecule has 1 N–H and O–H groups in total. The molecule has 1 nitrogen and oxygen atoms in total. The molecule has 0 aliphatic carbocycles. The fourth-order valence-electron chi connectivity index (χ4n) is 1.22. The number of hydrogen-bond donors (Lipinski definition) is 1. The minimum Gasteiger partial charge on any atom is -0.308 e. The zero-order valence-corrected chi connectivity index (χ0v) is 6.16. The first-order chi connectivity index (χ1) is 4.64. The van der Waals surface area contributed by atoms with E-state index in [1.165, 1.54) is 0 Å². The molecule has 1 heterocycles. The summed E-state index contributed by atoms with van der Waals surface area (Å²) in [6, 6.07) is 0.319. The van der Waals surface area contributed by atoms with E-state index in [-0.39, 0.29) is 13.0 Å². The van der Waals surface area contributed by atoms with Crippen molar-refractivity contribution in [2.24, 2.45) is 0 Å². The van der Waals surface area contributed by atoms with Gasteiger partial charge in [-0.15, -0.1) is 0 Å². The van der Waals surface area contributed by atoms with Crippen LogP contribution >= 0.6 is 0 Å². The number of nitrogens with one attached hydrogen (secondary N) is 1. The van der Waals surface area contributed by atoms with Gasteiger partial charge in [-0.05, 0) is 12.8 Å². The molecule has 1 rings (SSSR count). The van der Waals surface area contributed by atoms with Gasteiger partial charge in [-0.2, -0.15) is 0 Å². The van der Waals surface area contributed by atoms with E-state index in [1.54, 1.807) is 0 Å². The maximum Gasteiger partial charge on any atom is 0.260 e. The molecule has 3 heteroatoms. The SMILES string of the molecule is CCC1CCC(F)(F)CN1. The molecular weight excluding hydrogens is 136 g/mol. The van der Waals surface area contributed by atoms with Crippen LogP contribution in [0.1, 0.15) is 26.2 Å². The Kier molecular flexibility index (Phi) is 2.24. The van der Waals surface area contributed by atoms with Gasteiger partial charge in [0.05, 0.1) is 6.54 Å². The highest BCUT2D eigenvalue weighted by Crippen LogP contribution is 2.25. The molecule has 0 saturated carbocycles. The van der Waals surface area contributed by atoms with Crippen molar-refractivity contribution in [3.8, 4) is 0 Å². The van der Waals surface area contributed by atoms with Crippen LogP contribution in [-0.2, 0) is 0 Å². The van der Waals surface area contributed by atoms with Crippen molar-refractivity contribution in [3.63, 3.8) is 0 Å². The predicted octanol–water partition coefficient (Wildman–Crippen LogP) is 1.78. The molecule has 0 aromatic carbocycles. The van der Waals surface area contributed by atoms with Crippen molar-refractivity contribution in [2.75, 3.05) is 6.54 Å². The summed E-state index contributed by atoms with van der Waals surface area (Å²) in [5.74, 6) is -2.45. The van der Waals surface area contributed by atoms with Crippen LogP contribution in [0.4, 0.5) is 8.78 Å². The molecule has 10 heavy (non-hydrogen) atoms. The Morgan fingerprint density at radius 1 is 1.60 bits per heavy atom. The smallest absolute Gasteiger partial charge is 0.260 e. The summed E-state index contributed by atoms with van der Waals surface area (Å²) < 4.78 is 24.9. The number of hydrogen-bond acceptors (Lipinski definition) is 1. The summed E-state index contributed by atoms with van der Waals surface area (Å²) in [4.78, 5) is 0. The van der Waals surface area contributed by atoms with Crippen LogP contribution in [0.2, 0.25) is 0 Å². The van der Waals surface area contributed by atoms with E-state index in [0.717, 1.165) is 6.42 Å². The monoisotopic (exact) mass is 149 g/mol. The van der Waals surface area contributed by atoms with Crippen molar-refractivity contribution in [1.29, 1.82) is 0 Å². The third-order valence-corrected chi connectivity index (χ3v) is 2.00. The normalized spacial score (nSPS) is 32.1. The van der Waals surface area contributed by atoms with Gasteiger partial charge < -0.3 is 5.32 Å². The van der Waals surface area contributed by atoms with Crippen molar-refractivity contribution < 1.29 is 8.78 Å². The van der Waals surface area contributed by atoms with Gasteiger partial charge in [-0.1, -0.05) is 6.92 Å². The van der Waals surface area contributed by atoms with Gasteiger partial charge in [0.2, 0.25) is 0 Å². The molecule has 0 spiro atoms. The van der Waals surface area contributed by atoms with Crippen LogP contribution in [0, 0.1) is 0 Å². The molecule has 1 unspecified atom stereocenters. The Balaban J connectivity index is 2.31. The second-order valence-electron chi connectivity index (χ2n) is 2.88. The second kappa shape index (κ2) is 2.82. The maximum absolute atomic E-state index is 12.5. The molecule has 0 aromatic heterocycles. The largest absolute Gasteiger partial charge is 0.308 e. The zero-order chi connectivity index (χ0) is 7.61. The summed E-state index contributed by atoms with van der Waals surface area (Å²) in [6.07, 6.45) is 1.62. The van der Waals surface area contributed by atoms with Crippen LogP contribution in [0.3, 0.4) is 0 Å². The molecule has 60 valence electrons. The molecule has 1 fully saturated rings. The molecular formula is C7H13F2N. The lowest BCUT2D eigenvalue weighted by molar-refractivity contribution is -0.0302. The molecule has 1 atom stereocenters. The Bertz CT molecular complexity index is 104. The molecule has 1 saturated heterocycles. The molecule has 0 bridgehead atoms. The summed E-state index contributed by atoms with van der Waals surface area (Å²) in [5, 5.41) is 2.81. The van der Waals surface area contributed by atoms with Gasteiger partial charge in [0.1, 0.15) is 0 Å². The maximum atomic E-state index is 12.5. The quantitative estimate of drug-likeness (QED) is 0.599. The minimum absolute atomic E-state index is 0.0541. The third-order valence-electron chi connectivity index (χ3n) is 2.00. The Hall–Kier alpha value is -0.180. The molecule has 0 aromatic rings. The lowest BCUT2D eigenvalue weighted by Gasteiger charge is -2.28. The van der Waals surface area contributed by atoms with E-state index >= 15 is 0 Å². The number of rotatable bonds is 1. The van der Waals surface area contributed by atoms with Gasteiger partial charge in [0, 0.05) is 12.5 Å². The zero-order valence-electron chi connectivity index (χ0n) is 6.16. The van der Waals surface area contributed by atoms with Crippen LogP contribution in [0.25, 0.3) is 0 Å². The van der Waals surface area contributed by atoms with Crippen LogP contribution in [0.15, 0.2) is 0 Å². The number of alkyl halides is 2. The van der Waals surface area contributed by atoms with E-state index in [2.05, 4.69) is 5.32 Å². The van der Waals surface area contributed by atoms with Crippen LogP contribution < -0.4 is 5.32 Å². The van der Waals surface area contributed by atoms with Crippen molar-refractivity contribution >= 4 is 0 Å². The van der Waals surface area contributed by atoms with Gasteiger partial charge in [0.15, 0.2) is 0 Å². The molecule has 1 aliphatic rings. The standard InChI is InChI=1S/C7H13F2N/c1-2-6-3-4-7(8,9)5-10-6/h6,10H,2-5H2,1H3. The average molecular weight is 149 g/mol. The number of piperidine rings is 1. The van der Waals surface area contributed by atoms with E-state index < -0.39 is 5.92 Å². The second-order valence-corrected chi connectivity index (χ2v) is 2.88. The van der Waals surface area contributed by atoms with Crippen LogP contribution in [0.5, 0.6) is 0 Å². The Morgan fingerprint density at radius 3 is 2.70 bits per heavy atom.